The number of fused-ring (bicyclic) bond motifs is 1. The first kappa shape index (κ1) is 23.7. The van der Waals surface area contributed by atoms with E-state index in [1.54, 1.807) is 6.08 Å². The summed E-state index contributed by atoms with van der Waals surface area (Å²) in [6.45, 7) is 1.84. The third kappa shape index (κ3) is 5.94. The summed E-state index contributed by atoms with van der Waals surface area (Å²) < 4.78 is 30.1. The molecule has 0 fully saturated rings. The molecule has 3 aromatic rings. The Balaban J connectivity index is 1.56. The van der Waals surface area contributed by atoms with Crippen molar-refractivity contribution in [2.24, 2.45) is 7.05 Å². The minimum Gasteiger partial charge on any atom is -0.271 e. The maximum Gasteiger partial charge on any atom is 0.234 e. The van der Waals surface area contributed by atoms with Gasteiger partial charge in [-0.25, -0.2) is 13.1 Å². The van der Waals surface area contributed by atoms with Crippen molar-refractivity contribution in [2.45, 2.75) is 51.0 Å². The van der Waals surface area contributed by atoms with E-state index in [2.05, 4.69) is 10.8 Å². The van der Waals surface area contributed by atoms with Crippen LogP contribution in [0.2, 0.25) is 5.02 Å². The summed E-state index contributed by atoms with van der Waals surface area (Å²) in [6.07, 6.45) is 6.73. The molecule has 1 aromatic heterocycles. The van der Waals surface area contributed by atoms with Crippen molar-refractivity contribution >= 4 is 27.7 Å². The van der Waals surface area contributed by atoms with E-state index in [-0.39, 0.29) is 6.04 Å². The number of benzene rings is 2. The fourth-order valence-corrected chi connectivity index (χ4v) is 5.96. The maximum atomic E-state index is 12.7. The van der Waals surface area contributed by atoms with Gasteiger partial charge in [0.15, 0.2) is 0 Å². The quantitative estimate of drug-likeness (QED) is 0.433. The van der Waals surface area contributed by atoms with Crippen molar-refractivity contribution in [3.8, 4) is 0 Å². The van der Waals surface area contributed by atoms with Crippen LogP contribution in [0.25, 0.3) is 6.08 Å². The SMILES string of the molecule is C[C@H](NS(=O)(=O)/C=C/c1nn(C)c2c1CCCCC2Cc1cccc(Cl)c1)c1ccccc1. The van der Waals surface area contributed by atoms with Crippen molar-refractivity contribution in [3.05, 3.63) is 93.1 Å². The normalized spacial score (nSPS) is 17.6. The lowest BCUT2D eigenvalue weighted by atomic mass is 9.91. The molecular weight excluding hydrogens is 454 g/mol. The van der Waals surface area contributed by atoms with Crippen molar-refractivity contribution in [2.75, 3.05) is 0 Å². The number of nitrogens with one attached hydrogen (secondary N) is 1. The number of aromatic nitrogens is 2. The summed E-state index contributed by atoms with van der Waals surface area (Å²) in [5.41, 5.74) is 5.23. The second-order valence-electron chi connectivity index (χ2n) is 8.75. The number of hydrogen-bond donors (Lipinski definition) is 1. The topological polar surface area (TPSA) is 64.0 Å². The molecule has 0 saturated heterocycles. The van der Waals surface area contributed by atoms with Gasteiger partial charge in [0.1, 0.15) is 0 Å². The van der Waals surface area contributed by atoms with Crippen LogP contribution in [0.1, 0.15) is 66.2 Å². The van der Waals surface area contributed by atoms with Gasteiger partial charge < -0.3 is 0 Å². The molecule has 0 saturated carbocycles. The zero-order valence-corrected chi connectivity index (χ0v) is 20.6. The van der Waals surface area contributed by atoms with Crippen LogP contribution >= 0.6 is 11.6 Å². The highest BCUT2D eigenvalue weighted by molar-refractivity contribution is 7.92. The predicted octanol–water partition coefficient (Wildman–Crippen LogP) is 5.78. The Labute approximate surface area is 201 Å². The van der Waals surface area contributed by atoms with E-state index < -0.39 is 10.0 Å². The Kier molecular flexibility index (Phi) is 7.37. The smallest absolute Gasteiger partial charge is 0.234 e. The fraction of sp³-hybridized carbons (Fsp3) is 0.346. The highest BCUT2D eigenvalue weighted by Crippen LogP contribution is 2.35. The van der Waals surface area contributed by atoms with Gasteiger partial charge in [-0.3, -0.25) is 4.68 Å². The third-order valence-electron chi connectivity index (χ3n) is 6.26. The van der Waals surface area contributed by atoms with Gasteiger partial charge in [0.2, 0.25) is 10.0 Å². The molecule has 1 unspecified atom stereocenters. The Bertz CT molecular complexity index is 1240. The number of hydrogen-bond acceptors (Lipinski definition) is 3. The molecule has 0 amide bonds. The third-order valence-corrected chi connectivity index (χ3v) is 7.67. The zero-order chi connectivity index (χ0) is 23.4. The van der Waals surface area contributed by atoms with Gasteiger partial charge >= 0.3 is 0 Å². The van der Waals surface area contributed by atoms with Crippen molar-refractivity contribution in [1.29, 1.82) is 0 Å². The lowest BCUT2D eigenvalue weighted by molar-refractivity contribution is 0.548. The van der Waals surface area contributed by atoms with Crippen LogP contribution in [0.15, 0.2) is 60.0 Å². The van der Waals surface area contributed by atoms with Crippen LogP contribution in [-0.4, -0.2) is 18.2 Å². The van der Waals surface area contributed by atoms with Gasteiger partial charge in [0.25, 0.3) is 0 Å². The molecule has 4 rings (SSSR count). The second kappa shape index (κ2) is 10.2. The Morgan fingerprint density at radius 3 is 2.73 bits per heavy atom. The van der Waals surface area contributed by atoms with Crippen LogP contribution in [0.5, 0.6) is 0 Å². The first-order chi connectivity index (χ1) is 15.8. The van der Waals surface area contributed by atoms with E-state index in [9.17, 15) is 8.42 Å². The lowest BCUT2D eigenvalue weighted by Crippen LogP contribution is -2.24. The van der Waals surface area contributed by atoms with Crippen LogP contribution < -0.4 is 4.72 Å². The van der Waals surface area contributed by atoms with Gasteiger partial charge in [-0.05, 0) is 61.9 Å². The molecule has 0 spiro atoms. The minimum atomic E-state index is -3.61. The molecular formula is C26H30ClN3O2S. The summed E-state index contributed by atoms with van der Waals surface area (Å²) >= 11 is 6.20. The Morgan fingerprint density at radius 2 is 1.97 bits per heavy atom. The monoisotopic (exact) mass is 483 g/mol. The molecule has 2 aromatic carbocycles. The van der Waals surface area contributed by atoms with E-state index in [1.807, 2.05) is 67.2 Å². The molecule has 1 N–H and O–H groups in total. The van der Waals surface area contributed by atoms with Crippen molar-refractivity contribution < 1.29 is 8.42 Å². The van der Waals surface area contributed by atoms with E-state index in [0.717, 1.165) is 53.9 Å². The minimum absolute atomic E-state index is 0.316. The highest BCUT2D eigenvalue weighted by atomic mass is 35.5. The Morgan fingerprint density at radius 1 is 1.18 bits per heavy atom. The standard InChI is InChI=1S/C26H30ClN3O2S/c1-19(21-10-4-3-5-11-21)29-33(31,32)16-15-25-24-14-7-6-12-22(26(24)30(2)28-25)17-20-9-8-13-23(27)18-20/h3-5,8-11,13,15-16,18-19,22,29H,6-7,12,14,17H2,1-2H3/b16-15+/t19-,22?/m0/s1. The predicted molar refractivity (Wildman–Crippen MR) is 135 cm³/mol. The van der Waals surface area contributed by atoms with E-state index in [1.165, 1.54) is 16.7 Å². The van der Waals surface area contributed by atoms with Crippen molar-refractivity contribution in [3.63, 3.8) is 0 Å². The van der Waals surface area contributed by atoms with E-state index in [4.69, 9.17) is 16.7 Å². The average Bonchev–Trinajstić information content (AvgIpc) is 2.95. The maximum absolute atomic E-state index is 12.7. The molecule has 174 valence electrons. The van der Waals surface area contributed by atoms with Crippen LogP contribution in [0.3, 0.4) is 0 Å². The molecule has 5 nitrogen and oxygen atoms in total. The molecule has 1 aliphatic rings. The Hall–Kier alpha value is -2.41. The number of halogens is 1. The van der Waals surface area contributed by atoms with Crippen molar-refractivity contribution in [1.82, 2.24) is 14.5 Å². The molecule has 0 aliphatic heterocycles. The molecule has 1 heterocycles. The summed E-state index contributed by atoms with van der Waals surface area (Å²) in [4.78, 5) is 0. The fourth-order valence-electron chi connectivity index (χ4n) is 4.73. The highest BCUT2D eigenvalue weighted by Gasteiger charge is 2.26. The molecule has 0 radical (unpaired) electrons. The second-order valence-corrected chi connectivity index (χ2v) is 10.8. The molecule has 7 heteroatoms. The van der Waals surface area contributed by atoms with E-state index >= 15 is 0 Å². The average molecular weight is 484 g/mol. The number of sulfonamides is 1. The number of rotatable bonds is 7. The van der Waals surface area contributed by atoms with Gasteiger partial charge in [0, 0.05) is 40.7 Å². The van der Waals surface area contributed by atoms with Gasteiger partial charge in [-0.1, -0.05) is 60.5 Å². The molecule has 1 aliphatic carbocycles. The zero-order valence-electron chi connectivity index (χ0n) is 19.0. The molecule has 33 heavy (non-hydrogen) atoms. The lowest BCUT2D eigenvalue weighted by Gasteiger charge is -2.17. The first-order valence-corrected chi connectivity index (χ1v) is 13.3. The van der Waals surface area contributed by atoms with Crippen LogP contribution in [0.4, 0.5) is 0 Å². The largest absolute Gasteiger partial charge is 0.271 e. The van der Waals surface area contributed by atoms with Crippen LogP contribution in [-0.2, 0) is 29.9 Å². The first-order valence-electron chi connectivity index (χ1n) is 11.4. The molecule has 0 bridgehead atoms. The summed E-state index contributed by atoms with van der Waals surface area (Å²) in [6, 6.07) is 17.2. The van der Waals surface area contributed by atoms with Gasteiger partial charge in [0.05, 0.1) is 5.69 Å². The number of aryl methyl sites for hydroxylation is 1. The summed E-state index contributed by atoms with van der Waals surface area (Å²) in [7, 11) is -1.66. The van der Waals surface area contributed by atoms with Gasteiger partial charge in [-0.2, -0.15) is 5.10 Å². The van der Waals surface area contributed by atoms with Crippen LogP contribution in [0, 0.1) is 0 Å². The molecule has 2 atom stereocenters. The van der Waals surface area contributed by atoms with E-state index in [0.29, 0.717) is 5.92 Å². The summed E-state index contributed by atoms with van der Waals surface area (Å²) in [5.74, 6) is 0.327. The number of nitrogens with zero attached hydrogens (tertiary/aromatic N) is 2. The van der Waals surface area contributed by atoms with Gasteiger partial charge in [-0.15, -0.1) is 0 Å². The summed E-state index contributed by atoms with van der Waals surface area (Å²) in [5, 5.41) is 6.68.